The molecule has 0 saturated carbocycles. The van der Waals surface area contributed by atoms with Crippen molar-refractivity contribution in [2.75, 3.05) is 11.9 Å². The van der Waals surface area contributed by atoms with E-state index >= 15 is 0 Å². The van der Waals surface area contributed by atoms with Gasteiger partial charge in [0.2, 0.25) is 5.13 Å². The van der Waals surface area contributed by atoms with E-state index in [9.17, 15) is 9.59 Å². The molecule has 9 heteroatoms. The number of para-hydroxylation sites is 1. The van der Waals surface area contributed by atoms with Crippen LogP contribution >= 0.6 is 22.7 Å². The molecule has 0 fully saturated rings. The lowest BCUT2D eigenvalue weighted by molar-refractivity contribution is -0.119. The number of carbonyl (C=O) groups is 2. The molecule has 0 unspecified atom stereocenters. The van der Waals surface area contributed by atoms with Crippen LogP contribution in [0.1, 0.15) is 15.4 Å². The topological polar surface area (TPSA) is 94.1 Å². The summed E-state index contributed by atoms with van der Waals surface area (Å²) in [5.41, 5.74) is 2.15. The molecule has 3 aromatic carbocycles. The van der Waals surface area contributed by atoms with Crippen LogP contribution in [0.5, 0.6) is 0 Å². The molecule has 32 heavy (non-hydrogen) atoms. The lowest BCUT2D eigenvalue weighted by Crippen LogP contribution is -2.21. The quantitative estimate of drug-likeness (QED) is 0.368. The first-order chi connectivity index (χ1) is 15.6. The number of fused-ring (bicyclic) bond motifs is 2. The van der Waals surface area contributed by atoms with Crippen molar-refractivity contribution in [2.45, 2.75) is 6.92 Å². The molecule has 0 aliphatic heterocycles. The minimum Gasteiger partial charge on any atom is -0.452 e. The maximum atomic E-state index is 12.9. The Labute approximate surface area is 190 Å². The first kappa shape index (κ1) is 20.2. The molecular formula is C23H16N4O3S2. The van der Waals surface area contributed by atoms with E-state index in [0.29, 0.717) is 10.7 Å². The van der Waals surface area contributed by atoms with Crippen molar-refractivity contribution in [3.05, 3.63) is 71.2 Å². The van der Waals surface area contributed by atoms with Crippen molar-refractivity contribution >= 4 is 60.7 Å². The van der Waals surface area contributed by atoms with Gasteiger partial charge in [-0.3, -0.25) is 10.1 Å². The van der Waals surface area contributed by atoms with E-state index in [-0.39, 0.29) is 0 Å². The molecule has 0 aliphatic rings. The highest BCUT2D eigenvalue weighted by molar-refractivity contribution is 7.21. The summed E-state index contributed by atoms with van der Waals surface area (Å²) >= 11 is 2.82. The third kappa shape index (κ3) is 3.95. The summed E-state index contributed by atoms with van der Waals surface area (Å²) in [5, 5.41) is 13.8. The van der Waals surface area contributed by atoms with E-state index in [1.165, 1.54) is 11.3 Å². The molecule has 1 amide bonds. The Hall–Kier alpha value is -3.69. The predicted octanol–water partition coefficient (Wildman–Crippen LogP) is 5.07. The minimum atomic E-state index is -0.576. The number of benzene rings is 3. The van der Waals surface area contributed by atoms with Gasteiger partial charge in [0.05, 0.1) is 15.8 Å². The number of ether oxygens (including phenoxy) is 1. The van der Waals surface area contributed by atoms with Crippen LogP contribution in [-0.2, 0) is 9.53 Å². The number of aryl methyl sites for hydroxylation is 1. The van der Waals surface area contributed by atoms with Crippen molar-refractivity contribution in [1.29, 1.82) is 0 Å². The zero-order chi connectivity index (χ0) is 22.1. The Morgan fingerprint density at radius 2 is 1.78 bits per heavy atom. The molecule has 5 aromatic rings. The van der Waals surface area contributed by atoms with Gasteiger partial charge in [-0.05, 0) is 30.5 Å². The van der Waals surface area contributed by atoms with E-state index in [1.54, 1.807) is 30.4 Å². The molecule has 0 spiro atoms. The van der Waals surface area contributed by atoms with Crippen LogP contribution < -0.4 is 5.32 Å². The van der Waals surface area contributed by atoms with Gasteiger partial charge in [-0.15, -0.1) is 21.5 Å². The molecule has 5 rings (SSSR count). The van der Waals surface area contributed by atoms with Crippen LogP contribution in [0.15, 0.2) is 60.7 Å². The number of hydrogen-bond donors (Lipinski definition) is 1. The second-order valence-electron chi connectivity index (χ2n) is 6.95. The van der Waals surface area contributed by atoms with Gasteiger partial charge in [-0.1, -0.05) is 53.8 Å². The van der Waals surface area contributed by atoms with Gasteiger partial charge in [-0.25, -0.2) is 9.78 Å². The van der Waals surface area contributed by atoms with E-state index in [2.05, 4.69) is 15.5 Å². The second kappa shape index (κ2) is 8.45. The average Bonchev–Trinajstić information content (AvgIpc) is 3.42. The number of amides is 1. The smallest absolute Gasteiger partial charge is 0.339 e. The fourth-order valence-electron chi connectivity index (χ4n) is 3.39. The predicted molar refractivity (Wildman–Crippen MR) is 126 cm³/mol. The molecule has 0 saturated heterocycles. The summed E-state index contributed by atoms with van der Waals surface area (Å²) < 4.78 is 6.39. The van der Waals surface area contributed by atoms with Crippen LogP contribution in [0.2, 0.25) is 0 Å². The summed E-state index contributed by atoms with van der Waals surface area (Å²) in [4.78, 5) is 29.8. The van der Waals surface area contributed by atoms with Gasteiger partial charge >= 0.3 is 5.97 Å². The van der Waals surface area contributed by atoms with Crippen LogP contribution in [-0.4, -0.2) is 33.7 Å². The van der Waals surface area contributed by atoms with Crippen LogP contribution in [0.4, 0.5) is 5.13 Å². The maximum Gasteiger partial charge on any atom is 0.339 e. The van der Waals surface area contributed by atoms with Gasteiger partial charge in [0.25, 0.3) is 5.91 Å². The van der Waals surface area contributed by atoms with Gasteiger partial charge in [0, 0.05) is 10.9 Å². The minimum absolute atomic E-state index is 0.367. The fourth-order valence-corrected chi connectivity index (χ4v) is 4.99. The third-order valence-electron chi connectivity index (χ3n) is 4.76. The van der Waals surface area contributed by atoms with Crippen molar-refractivity contribution in [3.8, 4) is 10.6 Å². The molecule has 7 nitrogen and oxygen atoms in total. The number of rotatable bonds is 5. The molecule has 0 aliphatic carbocycles. The van der Waals surface area contributed by atoms with Gasteiger partial charge in [0.15, 0.2) is 6.61 Å². The highest BCUT2D eigenvalue weighted by atomic mass is 32.1. The number of carbonyl (C=O) groups excluding carboxylic acids is 2. The summed E-state index contributed by atoms with van der Waals surface area (Å²) in [5.74, 6) is -1.05. The highest BCUT2D eigenvalue weighted by Gasteiger charge is 2.18. The fraction of sp³-hybridized carbons (Fsp3) is 0.0870. The number of hydrogen-bond acceptors (Lipinski definition) is 8. The average molecular weight is 461 g/mol. The van der Waals surface area contributed by atoms with Crippen molar-refractivity contribution in [1.82, 2.24) is 15.2 Å². The van der Waals surface area contributed by atoms with E-state index in [1.807, 2.05) is 48.5 Å². The van der Waals surface area contributed by atoms with Crippen LogP contribution in [0, 0.1) is 6.92 Å². The molecule has 2 aromatic heterocycles. The molecule has 0 radical (unpaired) electrons. The Kier molecular flexibility index (Phi) is 5.34. The van der Waals surface area contributed by atoms with Crippen molar-refractivity contribution < 1.29 is 14.3 Å². The van der Waals surface area contributed by atoms with Gasteiger partial charge < -0.3 is 4.74 Å². The molecule has 158 valence electrons. The Balaban J connectivity index is 1.44. The second-order valence-corrected chi connectivity index (χ2v) is 9.16. The summed E-state index contributed by atoms with van der Waals surface area (Å²) in [6, 6.07) is 19.2. The zero-order valence-corrected chi connectivity index (χ0v) is 18.5. The Bertz CT molecular complexity index is 1440. The summed E-state index contributed by atoms with van der Waals surface area (Å²) in [7, 11) is 0. The van der Waals surface area contributed by atoms with Crippen LogP contribution in [0.25, 0.3) is 31.6 Å². The standard InChI is InChI=1S/C23H16N4O3S2/c1-13-26-27-23(31-13)25-19(28)12-30-22(29)16-9-5-7-14-6-4-8-15(20(14)16)21-24-17-10-2-3-11-18(17)32-21/h2-11H,12H2,1H3,(H,25,27,28). The van der Waals surface area contributed by atoms with E-state index in [4.69, 9.17) is 9.72 Å². The molecule has 1 N–H and O–H groups in total. The Morgan fingerprint density at radius 3 is 2.56 bits per heavy atom. The third-order valence-corrected chi connectivity index (χ3v) is 6.58. The van der Waals surface area contributed by atoms with Gasteiger partial charge in [0.1, 0.15) is 10.0 Å². The normalized spacial score (nSPS) is 11.0. The SMILES string of the molecule is Cc1nnc(NC(=O)COC(=O)c2cccc3cccc(-c4nc5ccccc5s4)c23)s1. The van der Waals surface area contributed by atoms with Crippen molar-refractivity contribution in [2.24, 2.45) is 0 Å². The number of aromatic nitrogens is 3. The zero-order valence-electron chi connectivity index (χ0n) is 16.9. The van der Waals surface area contributed by atoms with E-state index in [0.717, 1.165) is 36.6 Å². The van der Waals surface area contributed by atoms with E-state index < -0.39 is 18.5 Å². The number of nitrogens with zero attached hydrogens (tertiary/aromatic N) is 3. The molecule has 0 bridgehead atoms. The first-order valence-electron chi connectivity index (χ1n) is 9.73. The summed E-state index contributed by atoms with van der Waals surface area (Å²) in [6.45, 7) is 1.37. The Morgan fingerprint density at radius 1 is 0.969 bits per heavy atom. The van der Waals surface area contributed by atoms with Gasteiger partial charge in [-0.2, -0.15) is 0 Å². The monoisotopic (exact) mass is 460 g/mol. The van der Waals surface area contributed by atoms with Crippen molar-refractivity contribution in [3.63, 3.8) is 0 Å². The number of nitrogens with one attached hydrogen (secondary N) is 1. The summed E-state index contributed by atoms with van der Waals surface area (Å²) in [6.07, 6.45) is 0. The highest BCUT2D eigenvalue weighted by Crippen LogP contribution is 2.36. The molecule has 2 heterocycles. The van der Waals surface area contributed by atoms with Crippen LogP contribution in [0.3, 0.4) is 0 Å². The lowest BCUT2D eigenvalue weighted by atomic mass is 9.99. The number of esters is 1. The molecule has 0 atom stereocenters. The number of anilines is 1. The molecular weight excluding hydrogens is 444 g/mol. The maximum absolute atomic E-state index is 12.9. The largest absolute Gasteiger partial charge is 0.452 e. The number of thiazole rings is 1. The lowest BCUT2D eigenvalue weighted by Gasteiger charge is -2.10. The first-order valence-corrected chi connectivity index (χ1v) is 11.4.